The van der Waals surface area contributed by atoms with Gasteiger partial charge in [-0.25, -0.2) is 4.98 Å². The highest BCUT2D eigenvalue weighted by atomic mass is 32.1. The van der Waals surface area contributed by atoms with Crippen molar-refractivity contribution in [1.29, 1.82) is 0 Å². The molecule has 1 aliphatic rings. The molecule has 1 aromatic heterocycles. The highest BCUT2D eigenvalue weighted by Crippen LogP contribution is 2.30. The summed E-state index contributed by atoms with van der Waals surface area (Å²) in [5.41, 5.74) is 6.82. The Bertz CT molecular complexity index is 324. The van der Waals surface area contributed by atoms with E-state index in [9.17, 15) is 0 Å². The van der Waals surface area contributed by atoms with Gasteiger partial charge in [-0.15, -0.1) is 11.3 Å². The SMILES string of the molecule is CC(N)c1csc(N2CC(C)C(C)C2)n1. The molecule has 3 atom stereocenters. The molecule has 0 radical (unpaired) electrons. The van der Waals surface area contributed by atoms with Gasteiger partial charge in [-0.2, -0.15) is 0 Å². The Hall–Kier alpha value is -0.610. The van der Waals surface area contributed by atoms with E-state index in [1.54, 1.807) is 11.3 Å². The highest BCUT2D eigenvalue weighted by Gasteiger charge is 2.27. The first-order valence-corrected chi connectivity index (χ1v) is 6.42. The summed E-state index contributed by atoms with van der Waals surface area (Å²) >= 11 is 1.71. The van der Waals surface area contributed by atoms with Crippen LogP contribution in [0.1, 0.15) is 32.5 Å². The van der Waals surface area contributed by atoms with Gasteiger partial charge < -0.3 is 10.6 Å². The maximum absolute atomic E-state index is 5.81. The summed E-state index contributed by atoms with van der Waals surface area (Å²) in [5.74, 6) is 1.54. The third kappa shape index (κ3) is 2.16. The van der Waals surface area contributed by atoms with Crippen molar-refractivity contribution in [3.05, 3.63) is 11.1 Å². The smallest absolute Gasteiger partial charge is 0.185 e. The second kappa shape index (κ2) is 4.10. The number of anilines is 1. The summed E-state index contributed by atoms with van der Waals surface area (Å²) in [6.07, 6.45) is 0. The van der Waals surface area contributed by atoms with Crippen molar-refractivity contribution in [3.8, 4) is 0 Å². The molecule has 1 aromatic rings. The lowest BCUT2D eigenvalue weighted by molar-refractivity contribution is 0.494. The van der Waals surface area contributed by atoms with E-state index in [0.717, 1.165) is 35.8 Å². The third-order valence-corrected chi connectivity index (χ3v) is 4.15. The minimum Gasteiger partial charge on any atom is -0.348 e. The zero-order chi connectivity index (χ0) is 11.0. The molecule has 1 aliphatic heterocycles. The predicted molar refractivity (Wildman–Crippen MR) is 65.3 cm³/mol. The summed E-state index contributed by atoms with van der Waals surface area (Å²) in [7, 11) is 0. The molecule has 0 bridgehead atoms. The van der Waals surface area contributed by atoms with Crippen molar-refractivity contribution in [2.45, 2.75) is 26.8 Å². The number of hydrogen-bond donors (Lipinski definition) is 1. The maximum Gasteiger partial charge on any atom is 0.185 e. The molecule has 2 rings (SSSR count). The van der Waals surface area contributed by atoms with Crippen LogP contribution in [0.15, 0.2) is 5.38 Å². The van der Waals surface area contributed by atoms with Gasteiger partial charge in [-0.3, -0.25) is 0 Å². The van der Waals surface area contributed by atoms with E-state index >= 15 is 0 Å². The molecule has 2 N–H and O–H groups in total. The topological polar surface area (TPSA) is 42.1 Å². The molecule has 0 amide bonds. The van der Waals surface area contributed by atoms with Crippen LogP contribution >= 0.6 is 11.3 Å². The molecule has 15 heavy (non-hydrogen) atoms. The summed E-state index contributed by atoms with van der Waals surface area (Å²) in [6, 6.07) is 0.0486. The van der Waals surface area contributed by atoms with Gasteiger partial charge in [0.25, 0.3) is 0 Å². The summed E-state index contributed by atoms with van der Waals surface area (Å²) in [6.45, 7) is 8.86. The molecular weight excluding hydrogens is 206 g/mol. The fourth-order valence-corrected chi connectivity index (χ4v) is 2.87. The van der Waals surface area contributed by atoms with E-state index in [4.69, 9.17) is 5.73 Å². The van der Waals surface area contributed by atoms with Crippen LogP contribution in [0.4, 0.5) is 5.13 Å². The first-order chi connectivity index (χ1) is 7.08. The lowest BCUT2D eigenvalue weighted by Crippen LogP contribution is -2.19. The van der Waals surface area contributed by atoms with Gasteiger partial charge in [0.1, 0.15) is 0 Å². The summed E-state index contributed by atoms with van der Waals surface area (Å²) in [5, 5.41) is 3.21. The van der Waals surface area contributed by atoms with Gasteiger partial charge in [-0.05, 0) is 18.8 Å². The standard InChI is InChI=1S/C11H19N3S/c1-7-4-14(5-8(7)2)11-13-10(6-15-11)9(3)12/h6-9H,4-5,12H2,1-3H3. The van der Waals surface area contributed by atoms with E-state index in [1.807, 2.05) is 6.92 Å². The Morgan fingerprint density at radius 3 is 2.53 bits per heavy atom. The van der Waals surface area contributed by atoms with Crippen LogP contribution in [-0.2, 0) is 0 Å². The molecule has 0 saturated carbocycles. The molecule has 4 heteroatoms. The molecule has 0 aromatic carbocycles. The zero-order valence-corrected chi connectivity index (χ0v) is 10.4. The van der Waals surface area contributed by atoms with E-state index in [2.05, 4.69) is 29.1 Å². The van der Waals surface area contributed by atoms with Crippen LogP contribution in [-0.4, -0.2) is 18.1 Å². The molecule has 0 spiro atoms. The van der Waals surface area contributed by atoms with E-state index in [-0.39, 0.29) is 6.04 Å². The van der Waals surface area contributed by atoms with E-state index in [1.165, 1.54) is 0 Å². The molecular formula is C11H19N3S. The molecule has 1 saturated heterocycles. The van der Waals surface area contributed by atoms with Crippen molar-refractivity contribution < 1.29 is 0 Å². The molecule has 0 aliphatic carbocycles. The average molecular weight is 225 g/mol. The van der Waals surface area contributed by atoms with Crippen molar-refractivity contribution in [2.75, 3.05) is 18.0 Å². The maximum atomic E-state index is 5.81. The summed E-state index contributed by atoms with van der Waals surface area (Å²) < 4.78 is 0. The predicted octanol–water partition coefficient (Wildman–Crippen LogP) is 2.26. The number of nitrogens with zero attached hydrogens (tertiary/aromatic N) is 2. The van der Waals surface area contributed by atoms with Crippen molar-refractivity contribution in [2.24, 2.45) is 17.6 Å². The first kappa shape index (κ1) is 10.9. The molecule has 84 valence electrons. The highest BCUT2D eigenvalue weighted by molar-refractivity contribution is 7.13. The van der Waals surface area contributed by atoms with Gasteiger partial charge in [0.15, 0.2) is 5.13 Å². The largest absolute Gasteiger partial charge is 0.348 e. The Kier molecular flexibility index (Phi) is 2.98. The number of nitrogens with two attached hydrogens (primary N) is 1. The monoisotopic (exact) mass is 225 g/mol. The average Bonchev–Trinajstić information content (AvgIpc) is 2.74. The fraction of sp³-hybridized carbons (Fsp3) is 0.727. The lowest BCUT2D eigenvalue weighted by Gasteiger charge is -2.13. The number of aromatic nitrogens is 1. The van der Waals surface area contributed by atoms with E-state index < -0.39 is 0 Å². The van der Waals surface area contributed by atoms with Crippen LogP contribution in [0.5, 0.6) is 0 Å². The van der Waals surface area contributed by atoms with Crippen LogP contribution < -0.4 is 10.6 Å². The summed E-state index contributed by atoms with van der Waals surface area (Å²) in [4.78, 5) is 6.96. The Balaban J connectivity index is 2.10. The molecule has 3 nitrogen and oxygen atoms in total. The second-order valence-corrected chi connectivity index (χ2v) is 5.54. The normalized spacial score (nSPS) is 28.4. The van der Waals surface area contributed by atoms with E-state index in [0.29, 0.717) is 0 Å². The first-order valence-electron chi connectivity index (χ1n) is 5.54. The number of hydrogen-bond acceptors (Lipinski definition) is 4. The van der Waals surface area contributed by atoms with Gasteiger partial charge in [-0.1, -0.05) is 13.8 Å². The van der Waals surface area contributed by atoms with Crippen LogP contribution in [0.2, 0.25) is 0 Å². The zero-order valence-electron chi connectivity index (χ0n) is 9.60. The second-order valence-electron chi connectivity index (χ2n) is 4.70. The number of rotatable bonds is 2. The lowest BCUT2D eigenvalue weighted by atomic mass is 10.0. The van der Waals surface area contributed by atoms with Crippen LogP contribution in [0.25, 0.3) is 0 Å². The van der Waals surface area contributed by atoms with Crippen LogP contribution in [0, 0.1) is 11.8 Å². The Morgan fingerprint density at radius 2 is 2.07 bits per heavy atom. The van der Waals surface area contributed by atoms with Gasteiger partial charge >= 0.3 is 0 Å². The molecule has 2 heterocycles. The minimum absolute atomic E-state index is 0.0486. The fourth-order valence-electron chi connectivity index (χ4n) is 1.92. The van der Waals surface area contributed by atoms with Crippen LogP contribution in [0.3, 0.4) is 0 Å². The third-order valence-electron chi connectivity index (χ3n) is 3.24. The minimum atomic E-state index is 0.0486. The van der Waals surface area contributed by atoms with Gasteiger partial charge in [0.2, 0.25) is 0 Å². The molecule has 1 fully saturated rings. The van der Waals surface area contributed by atoms with Gasteiger partial charge in [0, 0.05) is 24.5 Å². The molecule has 3 unspecified atom stereocenters. The Morgan fingerprint density at radius 1 is 1.47 bits per heavy atom. The van der Waals surface area contributed by atoms with Gasteiger partial charge in [0.05, 0.1) is 5.69 Å². The van der Waals surface area contributed by atoms with Crippen molar-refractivity contribution in [3.63, 3.8) is 0 Å². The quantitative estimate of drug-likeness (QED) is 0.839. The number of thiazole rings is 1. The van der Waals surface area contributed by atoms with Crippen molar-refractivity contribution in [1.82, 2.24) is 4.98 Å². The van der Waals surface area contributed by atoms with Crippen molar-refractivity contribution >= 4 is 16.5 Å². The Labute approximate surface area is 95.3 Å².